The minimum Gasteiger partial charge on any atom is -0.380 e. The van der Waals surface area contributed by atoms with Crippen molar-refractivity contribution in [1.82, 2.24) is 0 Å². The van der Waals surface area contributed by atoms with Gasteiger partial charge in [-0.2, -0.15) is 13.2 Å². The summed E-state index contributed by atoms with van der Waals surface area (Å²) in [7, 11) is 0. The van der Waals surface area contributed by atoms with E-state index in [0.717, 1.165) is 21.5 Å². The number of alkyl halides is 3. The smallest absolute Gasteiger partial charge is 0.380 e. The highest BCUT2D eigenvalue weighted by Gasteiger charge is 2.30. The fourth-order valence-corrected chi connectivity index (χ4v) is 2.87. The van der Waals surface area contributed by atoms with Gasteiger partial charge in [0.15, 0.2) is 0 Å². The summed E-state index contributed by atoms with van der Waals surface area (Å²) in [6.45, 7) is 0.500. The lowest BCUT2D eigenvalue weighted by Gasteiger charge is -2.10. The van der Waals surface area contributed by atoms with Gasteiger partial charge in [-0.15, -0.1) is 11.3 Å². The van der Waals surface area contributed by atoms with Crippen molar-refractivity contribution in [2.45, 2.75) is 12.7 Å². The number of halogens is 4. The van der Waals surface area contributed by atoms with Crippen molar-refractivity contribution < 1.29 is 13.2 Å². The molecule has 0 amide bonds. The minimum atomic E-state index is -4.30. The van der Waals surface area contributed by atoms with Gasteiger partial charge in [-0.1, -0.05) is 6.07 Å². The first-order valence-corrected chi connectivity index (χ1v) is 6.77. The van der Waals surface area contributed by atoms with Crippen LogP contribution in [0.1, 0.15) is 10.4 Å². The van der Waals surface area contributed by atoms with Gasteiger partial charge in [0.05, 0.1) is 12.1 Å². The van der Waals surface area contributed by atoms with Crippen LogP contribution in [0.25, 0.3) is 0 Å². The molecule has 0 bridgehead atoms. The summed E-state index contributed by atoms with van der Waals surface area (Å²) in [4.78, 5) is 1.05. The Hall–Kier alpha value is -1.01. The minimum absolute atomic E-state index is 0.463. The first kappa shape index (κ1) is 13.4. The van der Waals surface area contributed by atoms with E-state index in [-0.39, 0.29) is 0 Å². The number of thiophene rings is 1. The molecule has 6 heteroatoms. The SMILES string of the molecule is FC(F)(F)c1cccc(NCc2sccc2Br)c1. The molecule has 1 aromatic heterocycles. The van der Waals surface area contributed by atoms with Crippen molar-refractivity contribution in [2.24, 2.45) is 0 Å². The van der Waals surface area contributed by atoms with E-state index in [1.54, 1.807) is 17.4 Å². The molecule has 1 heterocycles. The topological polar surface area (TPSA) is 12.0 Å². The average Bonchev–Trinajstić information content (AvgIpc) is 2.72. The number of hydrogen-bond acceptors (Lipinski definition) is 2. The molecule has 0 aliphatic rings. The van der Waals surface area contributed by atoms with Crippen LogP contribution in [-0.4, -0.2) is 0 Å². The van der Waals surface area contributed by atoms with E-state index in [0.29, 0.717) is 12.2 Å². The number of benzene rings is 1. The first-order chi connectivity index (χ1) is 8.47. The lowest BCUT2D eigenvalue weighted by Crippen LogP contribution is -2.06. The Morgan fingerprint density at radius 2 is 2.00 bits per heavy atom. The Kier molecular flexibility index (Phi) is 3.97. The summed E-state index contributed by atoms with van der Waals surface area (Å²) < 4.78 is 38.5. The Balaban J connectivity index is 2.09. The third-order valence-corrected chi connectivity index (χ3v) is 4.26. The standard InChI is InChI=1S/C12H9BrF3NS/c13-10-4-5-18-11(10)7-17-9-3-1-2-8(6-9)12(14,15)16/h1-6,17H,7H2. The maximum Gasteiger partial charge on any atom is 0.416 e. The molecule has 0 saturated heterocycles. The van der Waals surface area contributed by atoms with Gasteiger partial charge in [-0.05, 0) is 45.6 Å². The molecule has 2 aromatic rings. The van der Waals surface area contributed by atoms with E-state index in [1.807, 2.05) is 11.4 Å². The van der Waals surface area contributed by atoms with Crippen molar-refractivity contribution in [2.75, 3.05) is 5.32 Å². The highest BCUT2D eigenvalue weighted by atomic mass is 79.9. The molecule has 18 heavy (non-hydrogen) atoms. The predicted octanol–water partition coefficient (Wildman–Crippen LogP) is 5.14. The van der Waals surface area contributed by atoms with E-state index in [2.05, 4.69) is 21.2 Å². The maximum absolute atomic E-state index is 12.5. The molecule has 0 spiro atoms. The molecule has 1 nitrogen and oxygen atoms in total. The van der Waals surface area contributed by atoms with Crippen molar-refractivity contribution >= 4 is 33.0 Å². The third-order valence-electron chi connectivity index (χ3n) is 2.33. The second-order valence-electron chi connectivity index (χ2n) is 3.62. The fraction of sp³-hybridized carbons (Fsp3) is 0.167. The molecular formula is C12H9BrF3NS. The first-order valence-electron chi connectivity index (χ1n) is 5.10. The van der Waals surface area contributed by atoms with E-state index in [1.165, 1.54) is 6.07 Å². The average molecular weight is 336 g/mol. The number of rotatable bonds is 3. The van der Waals surface area contributed by atoms with Crippen LogP contribution in [0.15, 0.2) is 40.2 Å². The summed E-state index contributed by atoms with van der Waals surface area (Å²) in [5.74, 6) is 0. The molecule has 1 N–H and O–H groups in total. The molecule has 2 rings (SSSR count). The van der Waals surface area contributed by atoms with E-state index < -0.39 is 11.7 Å². The van der Waals surface area contributed by atoms with Crippen LogP contribution in [-0.2, 0) is 12.7 Å². The molecule has 0 saturated carbocycles. The summed E-state index contributed by atoms with van der Waals surface area (Å²) in [5, 5.41) is 4.90. The lowest BCUT2D eigenvalue weighted by atomic mass is 10.2. The van der Waals surface area contributed by atoms with Crippen molar-refractivity contribution in [3.05, 3.63) is 50.6 Å². The predicted molar refractivity (Wildman–Crippen MR) is 70.8 cm³/mol. The van der Waals surface area contributed by atoms with Crippen LogP contribution in [0.4, 0.5) is 18.9 Å². The molecule has 0 fully saturated rings. The monoisotopic (exact) mass is 335 g/mol. The van der Waals surface area contributed by atoms with Crippen LogP contribution < -0.4 is 5.32 Å². The summed E-state index contributed by atoms with van der Waals surface area (Å²) in [6.07, 6.45) is -4.30. The zero-order valence-corrected chi connectivity index (χ0v) is 11.5. The van der Waals surface area contributed by atoms with Crippen LogP contribution >= 0.6 is 27.3 Å². The Bertz CT molecular complexity index is 536. The van der Waals surface area contributed by atoms with Gasteiger partial charge < -0.3 is 5.32 Å². The van der Waals surface area contributed by atoms with Crippen LogP contribution in [0.5, 0.6) is 0 Å². The lowest BCUT2D eigenvalue weighted by molar-refractivity contribution is -0.137. The van der Waals surface area contributed by atoms with Gasteiger partial charge in [0, 0.05) is 15.0 Å². The zero-order valence-electron chi connectivity index (χ0n) is 9.09. The van der Waals surface area contributed by atoms with Crippen molar-refractivity contribution in [3.63, 3.8) is 0 Å². The van der Waals surface area contributed by atoms with E-state index >= 15 is 0 Å². The van der Waals surface area contributed by atoms with Gasteiger partial charge in [-0.25, -0.2) is 0 Å². The number of hydrogen-bond donors (Lipinski definition) is 1. The summed E-state index contributed by atoms with van der Waals surface area (Å²) in [6, 6.07) is 7.10. The summed E-state index contributed by atoms with van der Waals surface area (Å²) >= 11 is 4.92. The van der Waals surface area contributed by atoms with Crippen LogP contribution in [0.2, 0.25) is 0 Å². The molecule has 0 aliphatic heterocycles. The Labute approximate surface area is 115 Å². The van der Waals surface area contributed by atoms with Crippen LogP contribution in [0.3, 0.4) is 0 Å². The van der Waals surface area contributed by atoms with Gasteiger partial charge in [0.25, 0.3) is 0 Å². The molecule has 0 unspecified atom stereocenters. The van der Waals surface area contributed by atoms with Gasteiger partial charge >= 0.3 is 6.18 Å². The van der Waals surface area contributed by atoms with Crippen LogP contribution in [0, 0.1) is 0 Å². The van der Waals surface area contributed by atoms with Gasteiger partial charge in [-0.3, -0.25) is 0 Å². The Morgan fingerprint density at radius 3 is 2.61 bits per heavy atom. The number of anilines is 1. The summed E-state index contributed by atoms with van der Waals surface area (Å²) in [5.41, 5.74) is -0.178. The second-order valence-corrected chi connectivity index (χ2v) is 5.48. The molecule has 0 atom stereocenters. The van der Waals surface area contributed by atoms with Crippen molar-refractivity contribution in [3.8, 4) is 0 Å². The zero-order chi connectivity index (χ0) is 13.2. The highest BCUT2D eigenvalue weighted by Crippen LogP contribution is 2.31. The number of nitrogens with one attached hydrogen (secondary N) is 1. The molecule has 0 radical (unpaired) electrons. The van der Waals surface area contributed by atoms with E-state index in [4.69, 9.17) is 0 Å². The Morgan fingerprint density at radius 1 is 1.22 bits per heavy atom. The molecule has 1 aromatic carbocycles. The third kappa shape index (κ3) is 3.26. The second kappa shape index (κ2) is 5.32. The van der Waals surface area contributed by atoms with Gasteiger partial charge in [0.1, 0.15) is 0 Å². The highest BCUT2D eigenvalue weighted by molar-refractivity contribution is 9.10. The maximum atomic E-state index is 12.5. The van der Waals surface area contributed by atoms with E-state index in [9.17, 15) is 13.2 Å². The van der Waals surface area contributed by atoms with Gasteiger partial charge in [0.2, 0.25) is 0 Å². The molecule has 0 aliphatic carbocycles. The van der Waals surface area contributed by atoms with Crippen molar-refractivity contribution in [1.29, 1.82) is 0 Å². The fourth-order valence-electron chi connectivity index (χ4n) is 1.44. The molecule has 96 valence electrons. The molecular weight excluding hydrogens is 327 g/mol. The largest absolute Gasteiger partial charge is 0.416 e. The quantitative estimate of drug-likeness (QED) is 0.818. The normalized spacial score (nSPS) is 11.6.